The minimum absolute atomic E-state index is 0.143. The summed E-state index contributed by atoms with van der Waals surface area (Å²) in [6.45, 7) is 0. The number of fused-ring (bicyclic) bond motifs is 1. The summed E-state index contributed by atoms with van der Waals surface area (Å²) in [6, 6.07) is 2.47. The SMILES string of the molecule is NC(=S)c1cc2c(nc1NC1CCC(O)CC1)CCC2. The van der Waals surface area contributed by atoms with E-state index in [0.29, 0.717) is 11.0 Å². The summed E-state index contributed by atoms with van der Waals surface area (Å²) in [5.74, 6) is 0.833. The number of aryl methyl sites for hydroxylation is 2. The molecule has 2 aliphatic rings. The number of nitrogens with zero attached hydrogens (tertiary/aromatic N) is 1. The topological polar surface area (TPSA) is 71.2 Å². The first-order valence-electron chi connectivity index (χ1n) is 7.40. The number of anilines is 1. The van der Waals surface area contributed by atoms with Crippen LogP contribution in [0.1, 0.15) is 48.9 Å². The van der Waals surface area contributed by atoms with Gasteiger partial charge in [-0.15, -0.1) is 0 Å². The van der Waals surface area contributed by atoms with Gasteiger partial charge in [-0.25, -0.2) is 4.98 Å². The van der Waals surface area contributed by atoms with Crippen LogP contribution in [0.2, 0.25) is 0 Å². The van der Waals surface area contributed by atoms with Crippen molar-refractivity contribution in [2.75, 3.05) is 5.32 Å². The van der Waals surface area contributed by atoms with E-state index >= 15 is 0 Å². The third-order valence-corrected chi connectivity index (χ3v) is 4.57. The van der Waals surface area contributed by atoms with Crippen LogP contribution in [-0.2, 0) is 12.8 Å². The Labute approximate surface area is 124 Å². The maximum Gasteiger partial charge on any atom is 0.136 e. The van der Waals surface area contributed by atoms with Crippen LogP contribution in [0.25, 0.3) is 0 Å². The Morgan fingerprint density at radius 2 is 2.05 bits per heavy atom. The predicted molar refractivity (Wildman–Crippen MR) is 84.0 cm³/mol. The van der Waals surface area contributed by atoms with Crippen molar-refractivity contribution in [3.63, 3.8) is 0 Å². The zero-order valence-electron chi connectivity index (χ0n) is 11.6. The Morgan fingerprint density at radius 3 is 2.75 bits per heavy atom. The largest absolute Gasteiger partial charge is 0.393 e. The van der Waals surface area contributed by atoms with Gasteiger partial charge in [0.2, 0.25) is 0 Å². The van der Waals surface area contributed by atoms with Gasteiger partial charge in [-0.3, -0.25) is 0 Å². The molecule has 0 amide bonds. The second kappa shape index (κ2) is 5.66. The number of aliphatic hydroxyl groups excluding tert-OH is 1. The van der Waals surface area contributed by atoms with Gasteiger partial charge in [0, 0.05) is 11.7 Å². The maximum absolute atomic E-state index is 9.58. The van der Waals surface area contributed by atoms with E-state index in [1.165, 1.54) is 11.3 Å². The normalized spacial score (nSPS) is 25.2. The van der Waals surface area contributed by atoms with Crippen LogP contribution in [0.4, 0.5) is 5.82 Å². The molecule has 0 atom stereocenters. The zero-order valence-corrected chi connectivity index (χ0v) is 12.4. The molecular weight excluding hydrogens is 270 g/mol. The van der Waals surface area contributed by atoms with Gasteiger partial charge in [0.05, 0.1) is 11.7 Å². The molecule has 1 aromatic heterocycles. The van der Waals surface area contributed by atoms with Crippen molar-refractivity contribution < 1.29 is 5.11 Å². The van der Waals surface area contributed by atoms with Gasteiger partial charge in [0.15, 0.2) is 0 Å². The Bertz CT molecular complexity index is 524. The van der Waals surface area contributed by atoms with Crippen molar-refractivity contribution in [3.8, 4) is 0 Å². The van der Waals surface area contributed by atoms with E-state index in [-0.39, 0.29) is 6.10 Å². The van der Waals surface area contributed by atoms with Gasteiger partial charge >= 0.3 is 0 Å². The van der Waals surface area contributed by atoms with E-state index in [2.05, 4.69) is 11.4 Å². The first-order chi connectivity index (χ1) is 9.63. The van der Waals surface area contributed by atoms with Crippen LogP contribution >= 0.6 is 12.2 Å². The Morgan fingerprint density at radius 1 is 1.30 bits per heavy atom. The summed E-state index contributed by atoms with van der Waals surface area (Å²) in [5.41, 5.74) is 9.19. The van der Waals surface area contributed by atoms with Gasteiger partial charge in [-0.1, -0.05) is 12.2 Å². The van der Waals surface area contributed by atoms with Gasteiger partial charge in [0.25, 0.3) is 0 Å². The van der Waals surface area contributed by atoms with Gasteiger partial charge in [-0.05, 0) is 56.6 Å². The molecule has 0 aromatic carbocycles. The van der Waals surface area contributed by atoms with Crippen LogP contribution < -0.4 is 11.1 Å². The van der Waals surface area contributed by atoms with Crippen molar-refractivity contribution in [2.24, 2.45) is 5.73 Å². The van der Waals surface area contributed by atoms with E-state index < -0.39 is 0 Å². The number of hydrogen-bond acceptors (Lipinski definition) is 4. The molecule has 0 spiro atoms. The van der Waals surface area contributed by atoms with E-state index in [1.807, 2.05) is 0 Å². The lowest BCUT2D eigenvalue weighted by molar-refractivity contribution is 0.126. The first kappa shape index (κ1) is 13.8. The summed E-state index contributed by atoms with van der Waals surface area (Å²) in [6.07, 6.45) is 6.79. The molecule has 0 bridgehead atoms. The number of nitrogens with two attached hydrogens (primary N) is 1. The van der Waals surface area contributed by atoms with Crippen LogP contribution in [0.3, 0.4) is 0 Å². The summed E-state index contributed by atoms with van der Waals surface area (Å²) < 4.78 is 0. The second-order valence-electron chi connectivity index (χ2n) is 5.86. The van der Waals surface area contributed by atoms with Crippen LogP contribution in [0, 0.1) is 0 Å². The summed E-state index contributed by atoms with van der Waals surface area (Å²) >= 11 is 5.16. The van der Waals surface area contributed by atoms with Crippen molar-refractivity contribution in [3.05, 3.63) is 22.9 Å². The number of hydrogen-bond donors (Lipinski definition) is 3. The van der Waals surface area contributed by atoms with Crippen molar-refractivity contribution >= 4 is 23.0 Å². The van der Waals surface area contributed by atoms with Crippen LogP contribution in [0.5, 0.6) is 0 Å². The van der Waals surface area contributed by atoms with Crippen molar-refractivity contribution in [1.82, 2.24) is 4.98 Å². The third kappa shape index (κ3) is 2.79. The summed E-state index contributed by atoms with van der Waals surface area (Å²) in [5, 5.41) is 13.1. The van der Waals surface area contributed by atoms with E-state index in [1.54, 1.807) is 0 Å². The quantitative estimate of drug-likeness (QED) is 0.742. The summed E-state index contributed by atoms with van der Waals surface area (Å²) in [4.78, 5) is 5.15. The van der Waals surface area contributed by atoms with Gasteiger partial charge in [0.1, 0.15) is 10.8 Å². The molecule has 5 heteroatoms. The average Bonchev–Trinajstić information content (AvgIpc) is 2.87. The highest BCUT2D eigenvalue weighted by Crippen LogP contribution is 2.28. The molecule has 0 unspecified atom stereocenters. The standard InChI is InChI=1S/C15H21N3OS/c16-14(20)12-8-9-2-1-3-13(9)18-15(12)17-10-4-6-11(19)7-5-10/h8,10-11,19H,1-7H2,(H2,16,20)(H,17,18). The number of aliphatic hydroxyl groups is 1. The minimum atomic E-state index is -0.143. The minimum Gasteiger partial charge on any atom is -0.393 e. The first-order valence-corrected chi connectivity index (χ1v) is 7.81. The van der Waals surface area contributed by atoms with Crippen LogP contribution in [-0.4, -0.2) is 27.2 Å². The molecule has 0 aliphatic heterocycles. The van der Waals surface area contributed by atoms with E-state index in [9.17, 15) is 5.11 Å². The van der Waals surface area contributed by atoms with E-state index in [4.69, 9.17) is 22.9 Å². The second-order valence-corrected chi connectivity index (χ2v) is 6.30. The molecule has 4 N–H and O–H groups in total. The number of pyridine rings is 1. The third-order valence-electron chi connectivity index (χ3n) is 4.35. The van der Waals surface area contributed by atoms with Gasteiger partial charge < -0.3 is 16.2 Å². The predicted octanol–water partition coefficient (Wildman–Crippen LogP) is 1.92. The monoisotopic (exact) mass is 291 g/mol. The summed E-state index contributed by atoms with van der Waals surface area (Å²) in [7, 11) is 0. The molecule has 1 heterocycles. The lowest BCUT2D eigenvalue weighted by Crippen LogP contribution is -2.30. The molecule has 20 heavy (non-hydrogen) atoms. The Kier molecular flexibility index (Phi) is 3.89. The lowest BCUT2D eigenvalue weighted by Gasteiger charge is -2.27. The molecule has 2 aliphatic carbocycles. The number of nitrogens with one attached hydrogen (secondary N) is 1. The Hall–Kier alpha value is -1.20. The smallest absolute Gasteiger partial charge is 0.136 e. The molecule has 4 nitrogen and oxygen atoms in total. The van der Waals surface area contributed by atoms with Crippen molar-refractivity contribution in [1.29, 1.82) is 0 Å². The fraction of sp³-hybridized carbons (Fsp3) is 0.600. The molecule has 0 radical (unpaired) electrons. The van der Waals surface area contributed by atoms with Crippen molar-refractivity contribution in [2.45, 2.75) is 57.1 Å². The Balaban J connectivity index is 1.82. The molecule has 0 saturated heterocycles. The highest BCUT2D eigenvalue weighted by Gasteiger charge is 2.22. The maximum atomic E-state index is 9.58. The molecule has 1 aromatic rings. The molecule has 3 rings (SSSR count). The fourth-order valence-electron chi connectivity index (χ4n) is 3.18. The van der Waals surface area contributed by atoms with E-state index in [0.717, 1.165) is 56.3 Å². The molecule has 1 fully saturated rings. The average molecular weight is 291 g/mol. The number of thiocarbonyl (C=S) groups is 1. The zero-order chi connectivity index (χ0) is 14.1. The number of rotatable bonds is 3. The molecule has 1 saturated carbocycles. The fourth-order valence-corrected chi connectivity index (χ4v) is 3.34. The van der Waals surface area contributed by atoms with Crippen LogP contribution in [0.15, 0.2) is 6.07 Å². The van der Waals surface area contributed by atoms with Gasteiger partial charge in [-0.2, -0.15) is 0 Å². The molecule has 108 valence electrons. The highest BCUT2D eigenvalue weighted by atomic mass is 32.1. The number of aromatic nitrogens is 1. The lowest BCUT2D eigenvalue weighted by atomic mass is 9.93. The highest BCUT2D eigenvalue weighted by molar-refractivity contribution is 7.80. The molecular formula is C15H21N3OS.